The van der Waals surface area contributed by atoms with Gasteiger partial charge in [0.1, 0.15) is 17.3 Å². The van der Waals surface area contributed by atoms with E-state index in [1.807, 2.05) is 37.4 Å². The lowest BCUT2D eigenvalue weighted by molar-refractivity contribution is 0.0127. The number of aromatic nitrogens is 2. The molecule has 1 fully saturated rings. The predicted octanol–water partition coefficient (Wildman–Crippen LogP) is 5.16. The third-order valence-corrected chi connectivity index (χ3v) is 5.97. The molecule has 1 aliphatic carbocycles. The highest BCUT2D eigenvalue weighted by Crippen LogP contribution is 2.37. The van der Waals surface area contributed by atoms with Gasteiger partial charge in [0, 0.05) is 44.4 Å². The first-order chi connectivity index (χ1) is 16.5. The number of ether oxygens (including phenoxy) is 2. The van der Waals surface area contributed by atoms with Gasteiger partial charge in [-0.1, -0.05) is 49.7 Å². The molecule has 0 saturated heterocycles. The van der Waals surface area contributed by atoms with Crippen LogP contribution >= 0.6 is 0 Å². The predicted molar refractivity (Wildman–Crippen MR) is 130 cm³/mol. The fourth-order valence-corrected chi connectivity index (χ4v) is 4.07. The van der Waals surface area contributed by atoms with Gasteiger partial charge in [-0.2, -0.15) is 5.10 Å². The van der Waals surface area contributed by atoms with Gasteiger partial charge in [0.2, 0.25) is 5.88 Å². The molecule has 2 aromatic carbocycles. The van der Waals surface area contributed by atoms with Gasteiger partial charge in [-0.15, -0.1) is 0 Å². The van der Waals surface area contributed by atoms with Crippen LogP contribution in [0.15, 0.2) is 54.6 Å². The number of aliphatic hydroxyl groups is 1. The number of aliphatic hydroxyl groups excluding tert-OH is 1. The Morgan fingerprint density at radius 2 is 1.97 bits per heavy atom. The van der Waals surface area contributed by atoms with Gasteiger partial charge in [0.15, 0.2) is 0 Å². The van der Waals surface area contributed by atoms with Crippen LogP contribution < -0.4 is 4.74 Å². The summed E-state index contributed by atoms with van der Waals surface area (Å²) in [4.78, 5) is 2.29. The van der Waals surface area contributed by atoms with Crippen LogP contribution in [0.25, 0.3) is 11.3 Å². The van der Waals surface area contributed by atoms with Crippen molar-refractivity contribution in [1.29, 1.82) is 0 Å². The Kier molecular flexibility index (Phi) is 8.32. The van der Waals surface area contributed by atoms with E-state index in [9.17, 15) is 9.50 Å². The molecule has 182 valence electrons. The van der Waals surface area contributed by atoms with Crippen LogP contribution in [0.2, 0.25) is 0 Å². The topological polar surface area (TPSA) is 59.8 Å². The first-order valence-corrected chi connectivity index (χ1v) is 12.1. The van der Waals surface area contributed by atoms with Crippen molar-refractivity contribution in [2.75, 3.05) is 19.8 Å². The summed E-state index contributed by atoms with van der Waals surface area (Å²) in [6.07, 6.45) is 3.70. The molecule has 0 amide bonds. The normalized spacial score (nSPS) is 14.5. The Balaban J connectivity index is 1.60. The highest BCUT2D eigenvalue weighted by atomic mass is 19.1. The summed E-state index contributed by atoms with van der Waals surface area (Å²) in [7, 11) is 1.84. The monoisotopic (exact) mass is 467 g/mol. The Bertz CT molecular complexity index is 1050. The van der Waals surface area contributed by atoms with Crippen LogP contribution in [-0.2, 0) is 18.3 Å². The number of hydrogen-bond donors (Lipinski definition) is 1. The summed E-state index contributed by atoms with van der Waals surface area (Å²) in [6, 6.07) is 16.5. The molecule has 7 heteroatoms. The molecule has 1 heterocycles. The van der Waals surface area contributed by atoms with E-state index in [0.717, 1.165) is 42.5 Å². The number of aryl methyl sites for hydroxylation is 1. The highest BCUT2D eigenvalue weighted by molar-refractivity contribution is 5.65. The molecular formula is C27H34FN3O3. The third-order valence-electron chi connectivity index (χ3n) is 5.97. The quantitative estimate of drug-likeness (QED) is 0.352. The summed E-state index contributed by atoms with van der Waals surface area (Å²) in [5.74, 6) is 0.644. The van der Waals surface area contributed by atoms with Crippen molar-refractivity contribution >= 4 is 0 Å². The standard InChI is InChI=1S/C27H34FN3O3/c1-3-4-15-33-19-23(32)17-31(22-13-14-22)18-25-26(20-9-6-5-7-10-20)29-30(2)27(25)34-24-12-8-11-21(28)16-24/h5-12,16,22-23,32H,3-4,13-15,17-19H2,1-2H3. The molecule has 1 N–H and O–H groups in total. The number of rotatable bonds is 13. The van der Waals surface area contributed by atoms with Crippen molar-refractivity contribution in [2.45, 2.75) is 51.3 Å². The molecule has 0 radical (unpaired) electrons. The minimum Gasteiger partial charge on any atom is -0.439 e. The van der Waals surface area contributed by atoms with E-state index in [1.54, 1.807) is 16.8 Å². The molecule has 1 unspecified atom stereocenters. The van der Waals surface area contributed by atoms with E-state index >= 15 is 0 Å². The number of hydrogen-bond acceptors (Lipinski definition) is 5. The Hall–Kier alpha value is -2.74. The molecule has 1 aromatic heterocycles. The minimum atomic E-state index is -0.568. The lowest BCUT2D eigenvalue weighted by atomic mass is 10.1. The second-order valence-electron chi connectivity index (χ2n) is 8.92. The SMILES string of the molecule is CCCCOCC(O)CN(Cc1c(-c2ccccc2)nn(C)c1Oc1cccc(F)c1)C1CC1. The van der Waals surface area contributed by atoms with Gasteiger partial charge >= 0.3 is 0 Å². The van der Waals surface area contributed by atoms with E-state index < -0.39 is 6.10 Å². The number of halogens is 1. The van der Waals surface area contributed by atoms with Crippen molar-refractivity contribution in [3.05, 3.63) is 66.0 Å². The largest absolute Gasteiger partial charge is 0.439 e. The zero-order valence-electron chi connectivity index (χ0n) is 20.0. The van der Waals surface area contributed by atoms with E-state index in [-0.39, 0.29) is 5.82 Å². The second kappa shape index (κ2) is 11.6. The first kappa shape index (κ1) is 24.4. The van der Waals surface area contributed by atoms with E-state index in [2.05, 4.69) is 11.8 Å². The average Bonchev–Trinajstić information content (AvgIpc) is 3.64. The van der Waals surface area contributed by atoms with Crippen molar-refractivity contribution in [3.63, 3.8) is 0 Å². The summed E-state index contributed by atoms with van der Waals surface area (Å²) in [6.45, 7) is 4.20. The van der Waals surface area contributed by atoms with Crippen molar-refractivity contribution in [3.8, 4) is 22.9 Å². The average molecular weight is 468 g/mol. The van der Waals surface area contributed by atoms with Gasteiger partial charge in [0.05, 0.1) is 18.3 Å². The van der Waals surface area contributed by atoms with Gasteiger partial charge in [0.25, 0.3) is 0 Å². The molecule has 1 atom stereocenters. The lowest BCUT2D eigenvalue weighted by Crippen LogP contribution is -2.36. The van der Waals surface area contributed by atoms with Crippen LogP contribution in [-0.4, -0.2) is 51.7 Å². The molecule has 3 aromatic rings. The summed E-state index contributed by atoms with van der Waals surface area (Å²) in [5, 5.41) is 15.4. The number of benzene rings is 2. The van der Waals surface area contributed by atoms with Crippen LogP contribution in [0, 0.1) is 5.82 Å². The summed E-state index contributed by atoms with van der Waals surface area (Å²) >= 11 is 0. The molecule has 1 aliphatic rings. The van der Waals surface area contributed by atoms with Crippen molar-refractivity contribution in [2.24, 2.45) is 7.05 Å². The zero-order valence-corrected chi connectivity index (χ0v) is 20.0. The third kappa shape index (κ3) is 6.44. The van der Waals surface area contributed by atoms with E-state index in [4.69, 9.17) is 14.6 Å². The van der Waals surface area contributed by atoms with E-state index in [1.165, 1.54) is 12.1 Å². The highest BCUT2D eigenvalue weighted by Gasteiger charge is 2.33. The maximum absolute atomic E-state index is 13.8. The second-order valence-corrected chi connectivity index (χ2v) is 8.92. The van der Waals surface area contributed by atoms with Gasteiger partial charge < -0.3 is 14.6 Å². The molecular weight excluding hydrogens is 433 g/mol. The van der Waals surface area contributed by atoms with Crippen molar-refractivity contribution in [1.82, 2.24) is 14.7 Å². The molecule has 0 spiro atoms. The molecule has 4 rings (SSSR count). The Morgan fingerprint density at radius 3 is 2.68 bits per heavy atom. The first-order valence-electron chi connectivity index (χ1n) is 12.1. The Labute approximate surface area is 200 Å². The molecule has 0 bridgehead atoms. The maximum atomic E-state index is 13.8. The summed E-state index contributed by atoms with van der Waals surface area (Å²) < 4.78 is 27.3. The number of unbranched alkanes of at least 4 members (excludes halogenated alkanes) is 1. The van der Waals surface area contributed by atoms with Crippen LogP contribution in [0.3, 0.4) is 0 Å². The number of nitrogens with zero attached hydrogens (tertiary/aromatic N) is 3. The Morgan fingerprint density at radius 1 is 1.18 bits per heavy atom. The molecule has 0 aliphatic heterocycles. The molecule has 1 saturated carbocycles. The van der Waals surface area contributed by atoms with Gasteiger partial charge in [-0.3, -0.25) is 4.90 Å². The van der Waals surface area contributed by atoms with Crippen LogP contribution in [0.1, 0.15) is 38.2 Å². The summed E-state index contributed by atoms with van der Waals surface area (Å²) in [5.41, 5.74) is 2.74. The molecule has 34 heavy (non-hydrogen) atoms. The smallest absolute Gasteiger partial charge is 0.222 e. The zero-order chi connectivity index (χ0) is 23.9. The molecule has 6 nitrogen and oxygen atoms in total. The van der Waals surface area contributed by atoms with Crippen LogP contribution in [0.4, 0.5) is 4.39 Å². The fraction of sp³-hybridized carbons (Fsp3) is 0.444. The van der Waals surface area contributed by atoms with Crippen molar-refractivity contribution < 1.29 is 19.0 Å². The van der Waals surface area contributed by atoms with Gasteiger partial charge in [-0.25, -0.2) is 9.07 Å². The van der Waals surface area contributed by atoms with E-state index in [0.29, 0.717) is 44.0 Å². The van der Waals surface area contributed by atoms with Crippen LogP contribution in [0.5, 0.6) is 11.6 Å². The van der Waals surface area contributed by atoms with Gasteiger partial charge in [-0.05, 0) is 31.4 Å². The lowest BCUT2D eigenvalue weighted by Gasteiger charge is -2.25. The fourth-order valence-electron chi connectivity index (χ4n) is 4.07. The maximum Gasteiger partial charge on any atom is 0.222 e. The minimum absolute atomic E-state index is 0.328.